The van der Waals surface area contributed by atoms with E-state index in [0.717, 1.165) is 0 Å². The number of para-hydroxylation sites is 1. The van der Waals surface area contributed by atoms with E-state index in [2.05, 4.69) is 102 Å². The molecule has 0 saturated carbocycles. The van der Waals surface area contributed by atoms with E-state index in [1.54, 1.807) is 0 Å². The Morgan fingerprint density at radius 2 is 1.11 bits per heavy atom. The summed E-state index contributed by atoms with van der Waals surface area (Å²) >= 11 is 0. The maximum atomic E-state index is 3.59. The molecular formula is C26H17N. The zero-order valence-corrected chi connectivity index (χ0v) is 14.7. The number of nitrogens with one attached hydrogen (secondary N) is 1. The van der Waals surface area contributed by atoms with Crippen molar-refractivity contribution in [2.45, 2.75) is 0 Å². The molecule has 0 saturated heterocycles. The van der Waals surface area contributed by atoms with Crippen molar-refractivity contribution in [1.82, 2.24) is 4.98 Å². The Hall–Kier alpha value is -3.58. The molecule has 1 heterocycles. The molecular weight excluding hydrogens is 326 g/mol. The molecule has 1 heteroatoms. The molecule has 0 amide bonds. The van der Waals surface area contributed by atoms with Gasteiger partial charge in [0, 0.05) is 21.8 Å². The summed E-state index contributed by atoms with van der Waals surface area (Å²) in [5, 5.41) is 7.77. The molecule has 0 unspecified atom stereocenters. The second kappa shape index (κ2) is 5.46. The van der Waals surface area contributed by atoms with E-state index in [1.807, 2.05) is 0 Å². The van der Waals surface area contributed by atoms with Crippen LogP contribution >= 0.6 is 0 Å². The van der Waals surface area contributed by atoms with Crippen molar-refractivity contribution in [2.75, 3.05) is 0 Å². The molecule has 0 atom stereocenters. The molecule has 0 aliphatic heterocycles. The van der Waals surface area contributed by atoms with E-state index in [0.29, 0.717) is 0 Å². The van der Waals surface area contributed by atoms with Crippen LogP contribution < -0.4 is 0 Å². The van der Waals surface area contributed by atoms with E-state index in [-0.39, 0.29) is 0 Å². The number of aromatic nitrogens is 1. The topological polar surface area (TPSA) is 15.8 Å². The molecule has 5 aromatic carbocycles. The third kappa shape index (κ3) is 2.06. The lowest BCUT2D eigenvalue weighted by atomic mass is 9.92. The van der Waals surface area contributed by atoms with Crippen LogP contribution in [0.15, 0.2) is 97.1 Å². The van der Waals surface area contributed by atoms with E-state index < -0.39 is 0 Å². The molecule has 0 aliphatic rings. The fourth-order valence-corrected chi connectivity index (χ4v) is 4.40. The molecule has 1 N–H and O–H groups in total. The number of hydrogen-bond donors (Lipinski definition) is 1. The molecule has 126 valence electrons. The van der Waals surface area contributed by atoms with Crippen molar-refractivity contribution in [3.05, 3.63) is 97.1 Å². The molecule has 0 radical (unpaired) electrons. The van der Waals surface area contributed by atoms with Gasteiger partial charge in [0.15, 0.2) is 0 Å². The average molecular weight is 343 g/mol. The summed E-state index contributed by atoms with van der Waals surface area (Å²) in [6.07, 6.45) is 0. The van der Waals surface area contributed by atoms with Crippen LogP contribution in [-0.2, 0) is 0 Å². The summed E-state index contributed by atoms with van der Waals surface area (Å²) in [6.45, 7) is 0. The van der Waals surface area contributed by atoms with Crippen molar-refractivity contribution in [3.63, 3.8) is 0 Å². The summed E-state index contributed by atoms with van der Waals surface area (Å²) in [4.78, 5) is 3.59. The largest absolute Gasteiger partial charge is 0.354 e. The highest BCUT2D eigenvalue weighted by Gasteiger charge is 2.13. The number of aromatic amines is 1. The van der Waals surface area contributed by atoms with E-state index in [9.17, 15) is 0 Å². The Bertz CT molecular complexity index is 1460. The van der Waals surface area contributed by atoms with Gasteiger partial charge in [-0.05, 0) is 44.8 Å². The Morgan fingerprint density at radius 1 is 0.407 bits per heavy atom. The number of rotatable bonds is 1. The molecule has 0 bridgehead atoms. The predicted octanol–water partition coefficient (Wildman–Crippen LogP) is 7.29. The normalized spacial score (nSPS) is 11.7. The molecule has 6 rings (SSSR count). The fraction of sp³-hybridized carbons (Fsp3) is 0. The third-order valence-corrected chi connectivity index (χ3v) is 5.59. The van der Waals surface area contributed by atoms with Gasteiger partial charge in [0.05, 0.1) is 0 Å². The van der Waals surface area contributed by atoms with Gasteiger partial charge in [-0.2, -0.15) is 0 Å². The first-order chi connectivity index (χ1) is 13.4. The van der Waals surface area contributed by atoms with Crippen LogP contribution in [0, 0.1) is 0 Å². The van der Waals surface area contributed by atoms with Crippen molar-refractivity contribution in [3.8, 4) is 11.1 Å². The first-order valence-electron chi connectivity index (χ1n) is 9.30. The minimum absolute atomic E-state index is 1.19. The molecule has 27 heavy (non-hydrogen) atoms. The van der Waals surface area contributed by atoms with E-state index in [1.165, 1.54) is 54.5 Å². The zero-order valence-electron chi connectivity index (χ0n) is 14.7. The van der Waals surface area contributed by atoms with Gasteiger partial charge in [-0.1, -0.05) is 84.9 Å². The molecule has 0 fully saturated rings. The standard InChI is InChI=1S/C26H17N/c1-2-10-19-17(7-1)8-5-12-20(19)21-13-6-9-18-15-16-24-26(25(18)21)22-11-3-4-14-23(22)27-24/h1-16,27H. The first kappa shape index (κ1) is 14.6. The smallest absolute Gasteiger partial charge is 0.0471 e. The monoisotopic (exact) mass is 343 g/mol. The highest BCUT2D eigenvalue weighted by atomic mass is 14.7. The predicted molar refractivity (Wildman–Crippen MR) is 116 cm³/mol. The Morgan fingerprint density at radius 3 is 2.04 bits per heavy atom. The maximum Gasteiger partial charge on any atom is 0.0471 e. The second-order valence-electron chi connectivity index (χ2n) is 7.09. The highest BCUT2D eigenvalue weighted by Crippen LogP contribution is 2.40. The van der Waals surface area contributed by atoms with Gasteiger partial charge >= 0.3 is 0 Å². The first-order valence-corrected chi connectivity index (χ1v) is 9.30. The van der Waals surface area contributed by atoms with Crippen molar-refractivity contribution in [1.29, 1.82) is 0 Å². The average Bonchev–Trinajstić information content (AvgIpc) is 3.12. The Balaban J connectivity index is 1.85. The fourth-order valence-electron chi connectivity index (χ4n) is 4.40. The van der Waals surface area contributed by atoms with Crippen LogP contribution in [0.2, 0.25) is 0 Å². The van der Waals surface area contributed by atoms with Crippen LogP contribution in [0.4, 0.5) is 0 Å². The lowest BCUT2D eigenvalue weighted by Gasteiger charge is -2.12. The summed E-state index contributed by atoms with van der Waals surface area (Å²) in [6, 6.07) is 34.9. The third-order valence-electron chi connectivity index (χ3n) is 5.59. The van der Waals surface area contributed by atoms with Gasteiger partial charge in [-0.15, -0.1) is 0 Å². The molecule has 0 aliphatic carbocycles. The van der Waals surface area contributed by atoms with E-state index >= 15 is 0 Å². The minimum atomic E-state index is 1.19. The van der Waals surface area contributed by atoms with Crippen molar-refractivity contribution in [2.24, 2.45) is 0 Å². The van der Waals surface area contributed by atoms with Crippen molar-refractivity contribution >= 4 is 43.4 Å². The van der Waals surface area contributed by atoms with Crippen LogP contribution in [0.1, 0.15) is 0 Å². The molecule has 0 spiro atoms. The summed E-state index contributed by atoms with van der Waals surface area (Å²) in [5.41, 5.74) is 4.96. The number of H-pyrrole nitrogens is 1. The van der Waals surface area contributed by atoms with Crippen molar-refractivity contribution < 1.29 is 0 Å². The van der Waals surface area contributed by atoms with Crippen LogP contribution in [-0.4, -0.2) is 4.98 Å². The van der Waals surface area contributed by atoms with Gasteiger partial charge in [0.2, 0.25) is 0 Å². The second-order valence-corrected chi connectivity index (χ2v) is 7.09. The summed E-state index contributed by atoms with van der Waals surface area (Å²) in [7, 11) is 0. The van der Waals surface area contributed by atoms with Crippen LogP contribution in [0.25, 0.3) is 54.5 Å². The van der Waals surface area contributed by atoms with Gasteiger partial charge < -0.3 is 4.98 Å². The number of fused-ring (bicyclic) bond motifs is 6. The number of benzene rings is 5. The lowest BCUT2D eigenvalue weighted by molar-refractivity contribution is 1.55. The Labute approximate surface area is 156 Å². The summed E-state index contributed by atoms with van der Waals surface area (Å²) < 4.78 is 0. The SMILES string of the molecule is c1ccc2c(-c3cccc4ccc5[nH]c6ccccc6c5c34)cccc2c1. The zero-order chi connectivity index (χ0) is 17.8. The summed E-state index contributed by atoms with van der Waals surface area (Å²) in [5.74, 6) is 0. The quantitative estimate of drug-likeness (QED) is 0.322. The van der Waals surface area contributed by atoms with Crippen LogP contribution in [0.5, 0.6) is 0 Å². The van der Waals surface area contributed by atoms with Crippen LogP contribution in [0.3, 0.4) is 0 Å². The van der Waals surface area contributed by atoms with E-state index in [4.69, 9.17) is 0 Å². The van der Waals surface area contributed by atoms with Gasteiger partial charge in [0.1, 0.15) is 0 Å². The molecule has 1 aromatic heterocycles. The molecule has 1 nitrogen and oxygen atoms in total. The maximum absolute atomic E-state index is 3.59. The Kier molecular flexibility index (Phi) is 2.95. The molecule has 6 aromatic rings. The minimum Gasteiger partial charge on any atom is -0.354 e. The van der Waals surface area contributed by atoms with Gasteiger partial charge in [-0.25, -0.2) is 0 Å². The van der Waals surface area contributed by atoms with Gasteiger partial charge in [-0.3, -0.25) is 0 Å². The highest BCUT2D eigenvalue weighted by molar-refractivity contribution is 6.24. The van der Waals surface area contributed by atoms with Gasteiger partial charge in [0.25, 0.3) is 0 Å². The lowest BCUT2D eigenvalue weighted by Crippen LogP contribution is -1.85. The number of hydrogen-bond acceptors (Lipinski definition) is 0.